The molecule has 4 rings (SSSR count). The molecule has 1 aromatic rings. The summed E-state index contributed by atoms with van der Waals surface area (Å²) in [6.07, 6.45) is 4.70. The number of nitrogens with zero attached hydrogens (tertiary/aromatic N) is 4. The van der Waals surface area contributed by atoms with Crippen LogP contribution in [-0.2, 0) is 20.9 Å². The molecule has 8 nitrogen and oxygen atoms in total. The normalized spacial score (nSPS) is 23.3. The van der Waals surface area contributed by atoms with Gasteiger partial charge in [0.25, 0.3) is 0 Å². The van der Waals surface area contributed by atoms with Crippen molar-refractivity contribution in [3.8, 4) is 0 Å². The number of rotatable bonds is 6. The molecule has 1 atom stereocenters. The lowest BCUT2D eigenvalue weighted by molar-refractivity contribution is -0.137. The minimum absolute atomic E-state index is 0.0408. The first-order valence-electron chi connectivity index (χ1n) is 10.1. The van der Waals surface area contributed by atoms with Crippen LogP contribution < -0.4 is 5.32 Å². The minimum Gasteiger partial charge on any atom is -0.351 e. The smallest absolute Gasteiger partial charge is 0.227 e. The van der Waals surface area contributed by atoms with E-state index in [1.54, 1.807) is 0 Å². The van der Waals surface area contributed by atoms with Crippen LogP contribution in [0, 0.1) is 18.8 Å². The second-order valence-electron chi connectivity index (χ2n) is 8.21. The maximum atomic E-state index is 12.8. The number of carbonyl (C=O) groups is 3. The molecule has 0 bridgehead atoms. The third kappa shape index (κ3) is 4.34. The number of nitrogens with one attached hydrogen (secondary N) is 1. The van der Waals surface area contributed by atoms with Crippen molar-refractivity contribution in [1.29, 1.82) is 0 Å². The van der Waals surface area contributed by atoms with Gasteiger partial charge in [0.15, 0.2) is 0 Å². The molecular formula is C19H27N5O3S. The lowest BCUT2D eigenvalue weighted by Crippen LogP contribution is -2.43. The van der Waals surface area contributed by atoms with E-state index < -0.39 is 0 Å². The maximum absolute atomic E-state index is 12.8. The van der Waals surface area contributed by atoms with Crippen molar-refractivity contribution in [2.24, 2.45) is 11.8 Å². The maximum Gasteiger partial charge on any atom is 0.227 e. The van der Waals surface area contributed by atoms with Crippen LogP contribution in [0.15, 0.2) is 0 Å². The second kappa shape index (κ2) is 8.14. The van der Waals surface area contributed by atoms with Crippen molar-refractivity contribution in [3.63, 3.8) is 0 Å². The van der Waals surface area contributed by atoms with Crippen LogP contribution in [-0.4, -0.2) is 62.8 Å². The summed E-state index contributed by atoms with van der Waals surface area (Å²) >= 11 is 1.31. The van der Waals surface area contributed by atoms with E-state index in [0.29, 0.717) is 51.0 Å². The molecule has 9 heteroatoms. The van der Waals surface area contributed by atoms with Gasteiger partial charge in [-0.2, -0.15) is 0 Å². The third-order valence-corrected chi connectivity index (χ3v) is 6.91. The Morgan fingerprint density at radius 3 is 2.61 bits per heavy atom. The van der Waals surface area contributed by atoms with Gasteiger partial charge in [0.2, 0.25) is 17.7 Å². The summed E-state index contributed by atoms with van der Waals surface area (Å²) < 4.78 is 3.87. The molecule has 1 unspecified atom stereocenters. The quantitative estimate of drug-likeness (QED) is 0.765. The van der Waals surface area contributed by atoms with E-state index in [2.05, 4.69) is 14.9 Å². The van der Waals surface area contributed by atoms with E-state index in [0.717, 1.165) is 36.3 Å². The molecule has 3 fully saturated rings. The highest BCUT2D eigenvalue weighted by molar-refractivity contribution is 7.05. The first-order chi connectivity index (χ1) is 13.5. The molecule has 0 radical (unpaired) electrons. The third-order valence-electron chi connectivity index (χ3n) is 6.09. The fraction of sp³-hybridized carbons (Fsp3) is 0.737. The molecule has 1 saturated carbocycles. The van der Waals surface area contributed by atoms with E-state index in [1.165, 1.54) is 11.5 Å². The van der Waals surface area contributed by atoms with Gasteiger partial charge in [-0.3, -0.25) is 14.4 Å². The summed E-state index contributed by atoms with van der Waals surface area (Å²) in [6.45, 7) is 4.33. The highest BCUT2D eigenvalue weighted by Gasteiger charge is 2.43. The van der Waals surface area contributed by atoms with Crippen LogP contribution in [0.2, 0.25) is 0 Å². The number of piperidine rings is 1. The lowest BCUT2D eigenvalue weighted by Gasteiger charge is -2.33. The number of likely N-dealkylation sites (tertiary alicyclic amines) is 2. The highest BCUT2D eigenvalue weighted by atomic mass is 32.1. The van der Waals surface area contributed by atoms with E-state index in [-0.39, 0.29) is 23.6 Å². The van der Waals surface area contributed by atoms with Crippen LogP contribution in [0.1, 0.15) is 49.1 Å². The molecule has 28 heavy (non-hydrogen) atoms. The summed E-state index contributed by atoms with van der Waals surface area (Å²) in [5.74, 6) is 0.424. The van der Waals surface area contributed by atoms with Gasteiger partial charge in [-0.1, -0.05) is 4.49 Å². The van der Waals surface area contributed by atoms with Crippen molar-refractivity contribution in [2.75, 3.05) is 19.6 Å². The zero-order valence-corrected chi connectivity index (χ0v) is 17.0. The summed E-state index contributed by atoms with van der Waals surface area (Å²) in [6, 6.07) is 0.388. The van der Waals surface area contributed by atoms with Gasteiger partial charge in [-0.25, -0.2) is 0 Å². The van der Waals surface area contributed by atoms with Gasteiger partial charge in [0, 0.05) is 38.5 Å². The van der Waals surface area contributed by atoms with Crippen molar-refractivity contribution >= 4 is 29.3 Å². The van der Waals surface area contributed by atoms with E-state index in [4.69, 9.17) is 0 Å². The largest absolute Gasteiger partial charge is 0.351 e. The fourth-order valence-electron chi connectivity index (χ4n) is 4.18. The number of aryl methyl sites for hydroxylation is 1. The monoisotopic (exact) mass is 405 g/mol. The van der Waals surface area contributed by atoms with Gasteiger partial charge < -0.3 is 15.1 Å². The Hall–Kier alpha value is -2.03. The number of hydrogen-bond donors (Lipinski definition) is 1. The lowest BCUT2D eigenvalue weighted by atomic mass is 9.92. The van der Waals surface area contributed by atoms with Crippen molar-refractivity contribution < 1.29 is 14.4 Å². The van der Waals surface area contributed by atoms with E-state index in [1.807, 2.05) is 16.7 Å². The van der Waals surface area contributed by atoms with Gasteiger partial charge in [-0.05, 0) is 50.1 Å². The molecule has 3 aliphatic rings. The molecule has 0 spiro atoms. The predicted molar refractivity (Wildman–Crippen MR) is 103 cm³/mol. The molecule has 1 aromatic heterocycles. The fourth-order valence-corrected chi connectivity index (χ4v) is 4.75. The molecule has 152 valence electrons. The zero-order chi connectivity index (χ0) is 19.7. The molecule has 2 saturated heterocycles. The topological polar surface area (TPSA) is 95.5 Å². The standard InChI is InChI=1S/C19H27N5O3S/c1-12-16(28-22-21-12)10-20-17(25)8-13-4-6-23(7-5-13)19(27)14-9-18(26)24(11-14)15-2-3-15/h13-15H,2-11H2,1H3,(H,20,25). The Bertz CT molecular complexity index is 755. The average Bonchev–Trinajstić information content (AvgIpc) is 3.33. The molecule has 3 amide bonds. The number of carbonyl (C=O) groups excluding carboxylic acids is 3. The van der Waals surface area contributed by atoms with Gasteiger partial charge in [0.05, 0.1) is 23.0 Å². The van der Waals surface area contributed by atoms with Crippen molar-refractivity contribution in [1.82, 2.24) is 24.7 Å². The molecule has 3 heterocycles. The van der Waals surface area contributed by atoms with Gasteiger partial charge in [-0.15, -0.1) is 5.10 Å². The summed E-state index contributed by atoms with van der Waals surface area (Å²) in [7, 11) is 0. The Balaban J connectivity index is 1.19. The number of amides is 3. The second-order valence-corrected chi connectivity index (χ2v) is 9.05. The Morgan fingerprint density at radius 2 is 1.96 bits per heavy atom. The van der Waals surface area contributed by atoms with Crippen LogP contribution in [0.4, 0.5) is 0 Å². The Labute approximate surface area is 168 Å². The molecule has 2 aliphatic heterocycles. The van der Waals surface area contributed by atoms with Crippen molar-refractivity contribution in [2.45, 2.75) is 58.0 Å². The molecular weight excluding hydrogens is 378 g/mol. The van der Waals surface area contributed by atoms with Crippen molar-refractivity contribution in [3.05, 3.63) is 10.6 Å². The molecule has 1 aliphatic carbocycles. The average molecular weight is 406 g/mol. The van der Waals surface area contributed by atoms with Crippen LogP contribution >= 0.6 is 11.5 Å². The summed E-state index contributed by atoms with van der Waals surface area (Å²) in [5, 5.41) is 6.89. The zero-order valence-electron chi connectivity index (χ0n) is 16.2. The van der Waals surface area contributed by atoms with Crippen LogP contribution in [0.25, 0.3) is 0 Å². The summed E-state index contributed by atoms with van der Waals surface area (Å²) in [5.41, 5.74) is 0.864. The van der Waals surface area contributed by atoms with Gasteiger partial charge >= 0.3 is 0 Å². The highest BCUT2D eigenvalue weighted by Crippen LogP contribution is 2.33. The summed E-state index contributed by atoms with van der Waals surface area (Å²) in [4.78, 5) is 41.9. The minimum atomic E-state index is -0.177. The molecule has 0 aromatic carbocycles. The van der Waals surface area contributed by atoms with Crippen LogP contribution in [0.5, 0.6) is 0 Å². The van der Waals surface area contributed by atoms with Gasteiger partial charge in [0.1, 0.15) is 0 Å². The SMILES string of the molecule is Cc1nnsc1CNC(=O)CC1CCN(C(=O)C2CC(=O)N(C3CC3)C2)CC1. The van der Waals surface area contributed by atoms with Crippen LogP contribution in [0.3, 0.4) is 0 Å². The van der Waals surface area contributed by atoms with E-state index in [9.17, 15) is 14.4 Å². The number of hydrogen-bond acceptors (Lipinski definition) is 6. The first kappa shape index (κ1) is 19.3. The Morgan fingerprint density at radius 1 is 1.21 bits per heavy atom. The first-order valence-corrected chi connectivity index (χ1v) is 10.9. The predicted octanol–water partition coefficient (Wildman–Crippen LogP) is 1.10. The number of aromatic nitrogens is 2. The van der Waals surface area contributed by atoms with E-state index >= 15 is 0 Å². The Kier molecular flexibility index (Phi) is 5.61. The molecule has 1 N–H and O–H groups in total.